The van der Waals surface area contributed by atoms with E-state index < -0.39 is 5.97 Å². The highest BCUT2D eigenvalue weighted by Gasteiger charge is 2.30. The summed E-state index contributed by atoms with van der Waals surface area (Å²) in [5, 5.41) is 16.1. The number of nitrogens with zero attached hydrogens (tertiary/aromatic N) is 5. The number of nitrogens with one attached hydrogen (secondary N) is 3. The molecule has 0 atom stereocenters. The van der Waals surface area contributed by atoms with Gasteiger partial charge in [-0.2, -0.15) is 0 Å². The van der Waals surface area contributed by atoms with E-state index in [-0.39, 0.29) is 24.1 Å². The van der Waals surface area contributed by atoms with Crippen molar-refractivity contribution in [1.29, 1.82) is 5.41 Å². The fourth-order valence-corrected chi connectivity index (χ4v) is 18.0. The van der Waals surface area contributed by atoms with Crippen LogP contribution in [0, 0.1) is 18.9 Å². The number of ether oxygens (including phenoxy) is 1. The lowest BCUT2D eigenvalue weighted by Crippen LogP contribution is -2.12. The molecule has 2 amide bonds. The molecule has 16 rings (SSSR count). The number of ketones is 2. The fraction of sp³-hybridized carbons (Fsp3) is 0.338. The van der Waals surface area contributed by atoms with E-state index in [2.05, 4.69) is 80.4 Å². The zero-order chi connectivity index (χ0) is 72.0. The highest BCUT2D eigenvalue weighted by Crippen LogP contribution is 2.44. The SMILES string of the molecule is C=N.CC(=O)Nc1sc2c(c1C1=Nc3ccccc3C1)CCCC2.CC(=O)Nc1sc2cnccc2c1C1=Nc2ccccc2C1.CC(=O)c1c(N)sc2c1CCCC2.Cc1ccccc1N.Nc1sc2c(c1C1=Nc3ccccc3C1)CCCC2.O=C1CCCCC1.[C-]#[N+]CC(=O)OCC. The molecule has 9 N–H and O–H groups in total. The van der Waals surface area contributed by atoms with Gasteiger partial charge in [0.2, 0.25) is 11.8 Å². The third-order valence-corrected chi connectivity index (χ3v) is 22.3. The Morgan fingerprint density at radius 1 is 0.554 bits per heavy atom. The number of carbonyl (C=O) groups excluding carboxylic acids is 5. The lowest BCUT2D eigenvalue weighted by Gasteiger charge is -2.13. The van der Waals surface area contributed by atoms with E-state index >= 15 is 0 Å². The summed E-state index contributed by atoms with van der Waals surface area (Å²) < 4.78 is 5.49. The number of aryl methyl sites for hydroxylation is 4. The number of Topliss-reactive ketones (excluding diaryl/α,β-unsaturated/α-hetero) is 2. The summed E-state index contributed by atoms with van der Waals surface area (Å²) in [6, 6.07) is 34.6. The van der Waals surface area contributed by atoms with E-state index in [1.54, 1.807) is 72.3 Å². The van der Waals surface area contributed by atoms with Gasteiger partial charge in [0, 0.05) is 101 Å². The lowest BCUT2D eigenvalue weighted by atomic mass is 9.92. The summed E-state index contributed by atoms with van der Waals surface area (Å²) in [5.41, 5.74) is 38.4. The minimum atomic E-state index is -0.442. The molecule has 21 heteroatoms. The minimum Gasteiger partial charge on any atom is -0.460 e. The van der Waals surface area contributed by atoms with Crippen LogP contribution in [0.25, 0.3) is 14.9 Å². The molecule has 5 aromatic heterocycles. The molecule has 1 fully saturated rings. The van der Waals surface area contributed by atoms with Gasteiger partial charge in [-0.15, -0.1) is 45.3 Å². The molecule has 9 aromatic rings. The number of anilines is 5. The number of benzene rings is 4. The van der Waals surface area contributed by atoms with E-state index in [9.17, 15) is 24.0 Å². The van der Waals surface area contributed by atoms with Gasteiger partial charge in [0.15, 0.2) is 5.78 Å². The number of fused-ring (bicyclic) bond motifs is 7. The third-order valence-electron chi connectivity index (χ3n) is 17.8. The number of amides is 2. The molecular formula is C80H89N11O6S4. The molecule has 524 valence electrons. The molecule has 0 saturated heterocycles. The number of pyridine rings is 1. The molecule has 0 radical (unpaired) electrons. The van der Waals surface area contributed by atoms with E-state index in [0.717, 1.165) is 152 Å². The first-order valence-electron chi connectivity index (χ1n) is 34.5. The quantitative estimate of drug-likeness (QED) is 0.0275. The zero-order valence-corrected chi connectivity index (χ0v) is 61.5. The normalized spacial score (nSPS) is 14.4. The molecule has 0 spiro atoms. The maximum atomic E-state index is 11.6. The Balaban J connectivity index is 0.000000142. The van der Waals surface area contributed by atoms with Crippen LogP contribution in [0.15, 0.2) is 130 Å². The van der Waals surface area contributed by atoms with Crippen LogP contribution in [0.1, 0.15) is 179 Å². The van der Waals surface area contributed by atoms with Gasteiger partial charge in [0.25, 0.3) is 0 Å². The molecule has 1 saturated carbocycles. The Labute approximate surface area is 608 Å². The van der Waals surface area contributed by atoms with Crippen LogP contribution in [-0.4, -0.2) is 71.3 Å². The third kappa shape index (κ3) is 19.9. The van der Waals surface area contributed by atoms with Crippen molar-refractivity contribution in [2.75, 3.05) is 41.0 Å². The number of rotatable bonds is 8. The largest absolute Gasteiger partial charge is 0.460 e. The Morgan fingerprint density at radius 3 is 1.48 bits per heavy atom. The van der Waals surface area contributed by atoms with Gasteiger partial charge in [-0.25, -0.2) is 11.4 Å². The number of aliphatic imine (C=N–C) groups is 3. The molecule has 4 aliphatic carbocycles. The number of nitrogens with two attached hydrogens (primary N) is 3. The number of aromatic nitrogens is 1. The smallest absolute Gasteiger partial charge is 0.387 e. The first kappa shape index (κ1) is 75.6. The highest BCUT2D eigenvalue weighted by atomic mass is 32.1. The highest BCUT2D eigenvalue weighted by molar-refractivity contribution is 7.23. The Bertz CT molecular complexity index is 4570. The molecular weight excluding hydrogens is 1340 g/mol. The van der Waals surface area contributed by atoms with E-state index in [1.807, 2.05) is 67.7 Å². The predicted molar refractivity (Wildman–Crippen MR) is 421 cm³/mol. The van der Waals surface area contributed by atoms with Crippen molar-refractivity contribution in [2.24, 2.45) is 15.0 Å². The van der Waals surface area contributed by atoms with Gasteiger partial charge in [-0.1, -0.05) is 79.2 Å². The van der Waals surface area contributed by atoms with Gasteiger partial charge in [-0.3, -0.25) is 39.1 Å². The van der Waals surface area contributed by atoms with Gasteiger partial charge in [-0.05, 0) is 187 Å². The second kappa shape index (κ2) is 37.2. The predicted octanol–water partition coefficient (Wildman–Crippen LogP) is 18.3. The second-order valence-corrected chi connectivity index (χ2v) is 29.5. The van der Waals surface area contributed by atoms with Crippen molar-refractivity contribution in [1.82, 2.24) is 4.98 Å². The lowest BCUT2D eigenvalue weighted by molar-refractivity contribution is -0.140. The minimum absolute atomic E-state index is 0.00374. The number of hydrogen-bond acceptors (Lipinski definition) is 18. The topological polar surface area (TPSA) is 275 Å². The molecule has 0 unspecified atom stereocenters. The Kier molecular flexibility index (Phi) is 27.8. The number of para-hydroxylation sites is 4. The zero-order valence-electron chi connectivity index (χ0n) is 58.3. The van der Waals surface area contributed by atoms with Crippen LogP contribution in [0.3, 0.4) is 0 Å². The molecule has 4 aromatic carbocycles. The summed E-state index contributed by atoms with van der Waals surface area (Å²) in [7, 11) is 0. The van der Waals surface area contributed by atoms with Crippen molar-refractivity contribution >= 4 is 151 Å². The monoisotopic (exact) mass is 1430 g/mol. The average Bonchev–Trinajstić information content (AvgIpc) is 1.64. The van der Waals surface area contributed by atoms with E-state index in [4.69, 9.17) is 44.2 Å². The van der Waals surface area contributed by atoms with Gasteiger partial charge < -0.3 is 42.8 Å². The maximum Gasteiger partial charge on any atom is 0.387 e. The van der Waals surface area contributed by atoms with Crippen LogP contribution in [0.5, 0.6) is 0 Å². The van der Waals surface area contributed by atoms with E-state index in [0.29, 0.717) is 12.4 Å². The molecule has 101 heavy (non-hydrogen) atoms. The van der Waals surface area contributed by atoms with Crippen LogP contribution in [0.4, 0.5) is 42.8 Å². The summed E-state index contributed by atoms with van der Waals surface area (Å²) in [6.45, 7) is 17.3. The summed E-state index contributed by atoms with van der Waals surface area (Å²) in [5.74, 6) is 0.0680. The average molecular weight is 1430 g/mol. The van der Waals surface area contributed by atoms with Crippen molar-refractivity contribution in [2.45, 2.75) is 163 Å². The molecule has 8 heterocycles. The van der Waals surface area contributed by atoms with Crippen LogP contribution in [0.2, 0.25) is 0 Å². The number of hydrogen-bond donors (Lipinski definition) is 6. The maximum absolute atomic E-state index is 11.6. The van der Waals surface area contributed by atoms with Crippen molar-refractivity contribution in [3.8, 4) is 0 Å². The molecule has 3 aliphatic heterocycles. The summed E-state index contributed by atoms with van der Waals surface area (Å²) >= 11 is 6.67. The number of carbonyl (C=O) groups is 5. The van der Waals surface area contributed by atoms with Crippen LogP contribution in [-0.2, 0) is 81.7 Å². The van der Waals surface area contributed by atoms with Gasteiger partial charge in [0.05, 0.1) is 61.1 Å². The fourth-order valence-electron chi connectivity index (χ4n) is 13.1. The summed E-state index contributed by atoms with van der Waals surface area (Å²) in [6.07, 6.45) is 25.7. The number of esters is 1. The van der Waals surface area contributed by atoms with Crippen molar-refractivity contribution in [3.05, 3.63) is 203 Å². The van der Waals surface area contributed by atoms with Crippen LogP contribution >= 0.6 is 45.3 Å². The van der Waals surface area contributed by atoms with Gasteiger partial charge in [0.1, 0.15) is 15.8 Å². The second-order valence-electron chi connectivity index (χ2n) is 25.1. The van der Waals surface area contributed by atoms with Crippen molar-refractivity contribution < 1.29 is 28.7 Å². The Hall–Kier alpha value is -9.59. The number of nitrogen functional groups attached to an aromatic ring is 3. The first-order chi connectivity index (χ1) is 49.0. The van der Waals surface area contributed by atoms with Crippen molar-refractivity contribution in [3.63, 3.8) is 0 Å². The Morgan fingerprint density at radius 2 is 1.00 bits per heavy atom. The van der Waals surface area contributed by atoms with Gasteiger partial charge >= 0.3 is 12.5 Å². The standard InChI is InChI=1S/C18H18N2OS.C17H13N3OS.C16H16N2S.C10H13NOS.C7H9N.C6H10O.C5H7NO2.CH3N/c1-11(21)19-18-17(13-7-3-5-9-16(13)22-18)15-10-12-6-2-4-8-14(12)20-15;1-10(21)19-17-16(12-6-7-18-9-15(12)22-17)14-8-11-4-2-3-5-13(11)20-14;17-16-15(11-6-2-4-8-14(11)19-16)13-9-10-5-1-3-7-12(10)18-13;1-6(12)9-7-4-2-3-5-8(7)13-10(9)11;1-6-4-2-3-5-7(6)8;7-6-4-2-1-3-5-6;1-3-8-5(7)4-6-2;1-2/h2,4,6,8H,3,5,7,9-10H2,1H3,(H,19,21);2-7,9H,8H2,1H3,(H,19,21);1,3,5,7H,2,4,6,8-9,17H2;2-5,11H2,1H3;2-5H,8H2,1H3;1-5H2;3-4H2,1H3;2H,1H2. The number of thiophene rings is 4. The molecule has 7 aliphatic rings. The molecule has 0 bridgehead atoms. The van der Waals surface area contributed by atoms with Crippen LogP contribution < -0.4 is 27.8 Å². The molecule has 17 nitrogen and oxygen atoms in total. The first-order valence-corrected chi connectivity index (χ1v) is 37.8. The van der Waals surface area contributed by atoms with E-state index in [1.165, 1.54) is 130 Å². The summed E-state index contributed by atoms with van der Waals surface area (Å²) in [4.78, 5) is 80.8.